The van der Waals surface area contributed by atoms with Gasteiger partial charge in [-0.25, -0.2) is 9.78 Å². The van der Waals surface area contributed by atoms with Crippen LogP contribution in [0.15, 0.2) is 54.9 Å². The monoisotopic (exact) mass is 517 g/mol. The van der Waals surface area contributed by atoms with E-state index in [1.54, 1.807) is 20.2 Å². The molecule has 2 aromatic carbocycles. The molecule has 10 heteroatoms. The molecular weight excluding hydrogens is 487 g/mol. The van der Waals surface area contributed by atoms with Gasteiger partial charge in [0, 0.05) is 25.8 Å². The lowest BCUT2D eigenvalue weighted by molar-refractivity contribution is -0.145. The predicted octanol–water partition coefficient (Wildman–Crippen LogP) is 5.32. The zero-order valence-corrected chi connectivity index (χ0v) is 21.0. The average Bonchev–Trinajstić information content (AvgIpc) is 2.90. The largest absolute Gasteiger partial charge is 0.482 e. The number of alkyl halides is 3. The van der Waals surface area contributed by atoms with Gasteiger partial charge in [-0.2, -0.15) is 13.2 Å². The van der Waals surface area contributed by atoms with Crippen LogP contribution in [-0.4, -0.2) is 49.4 Å². The standard InChI is InChI=1S/C27H30F3N3O4/c1-4-20-14-19(6-11-24(20)37-18-26(34)36-5-2)17-33(12-13-35-3)25-16-31-15-23(32-25)21-7-9-22(10-8-21)27(28,29)30/h6-11,14-16H,4-5,12-13,17-18H2,1-3H3. The van der Waals surface area contributed by atoms with Crippen molar-refractivity contribution >= 4 is 11.8 Å². The molecule has 0 saturated heterocycles. The molecule has 0 aliphatic heterocycles. The number of benzene rings is 2. The Labute approximate surface area is 214 Å². The number of aryl methyl sites for hydroxylation is 1. The maximum Gasteiger partial charge on any atom is 0.416 e. The SMILES string of the molecule is CCOC(=O)COc1ccc(CN(CCOC)c2cncc(-c3ccc(C(F)(F)F)cc3)n2)cc1CC. The van der Waals surface area contributed by atoms with Gasteiger partial charge in [-0.3, -0.25) is 4.98 Å². The van der Waals surface area contributed by atoms with Crippen LogP contribution in [0.5, 0.6) is 5.75 Å². The highest BCUT2D eigenvalue weighted by Gasteiger charge is 2.30. The highest BCUT2D eigenvalue weighted by atomic mass is 19.4. The summed E-state index contributed by atoms with van der Waals surface area (Å²) in [6.45, 7) is 5.31. The second-order valence-electron chi connectivity index (χ2n) is 8.14. The molecule has 198 valence electrons. The summed E-state index contributed by atoms with van der Waals surface area (Å²) in [4.78, 5) is 22.6. The average molecular weight is 518 g/mol. The van der Waals surface area contributed by atoms with Gasteiger partial charge in [-0.05, 0) is 42.7 Å². The Balaban J connectivity index is 1.81. The van der Waals surface area contributed by atoms with E-state index in [9.17, 15) is 18.0 Å². The van der Waals surface area contributed by atoms with E-state index < -0.39 is 17.7 Å². The van der Waals surface area contributed by atoms with E-state index in [0.29, 0.717) is 55.5 Å². The van der Waals surface area contributed by atoms with Crippen molar-refractivity contribution in [2.75, 3.05) is 38.4 Å². The molecule has 1 heterocycles. The molecule has 0 fully saturated rings. The fourth-order valence-corrected chi connectivity index (χ4v) is 3.66. The van der Waals surface area contributed by atoms with Gasteiger partial charge in [0.05, 0.1) is 36.9 Å². The molecule has 0 aliphatic carbocycles. The summed E-state index contributed by atoms with van der Waals surface area (Å²) in [5, 5.41) is 0. The Hall–Kier alpha value is -3.66. The van der Waals surface area contributed by atoms with E-state index in [1.807, 2.05) is 30.0 Å². The molecule has 37 heavy (non-hydrogen) atoms. The van der Waals surface area contributed by atoms with Crippen LogP contribution < -0.4 is 9.64 Å². The number of ether oxygens (including phenoxy) is 3. The topological polar surface area (TPSA) is 73.8 Å². The van der Waals surface area contributed by atoms with E-state index >= 15 is 0 Å². The summed E-state index contributed by atoms with van der Waals surface area (Å²) in [6.07, 6.45) is -0.570. The number of aromatic nitrogens is 2. The predicted molar refractivity (Wildman–Crippen MR) is 133 cm³/mol. The fraction of sp³-hybridized carbons (Fsp3) is 0.370. The third kappa shape index (κ3) is 7.91. The number of hydrogen-bond acceptors (Lipinski definition) is 7. The fourth-order valence-electron chi connectivity index (χ4n) is 3.66. The number of anilines is 1. The van der Waals surface area contributed by atoms with E-state index in [2.05, 4.69) is 9.97 Å². The summed E-state index contributed by atoms with van der Waals surface area (Å²) in [6, 6.07) is 10.6. The second kappa shape index (κ2) is 13.0. The summed E-state index contributed by atoms with van der Waals surface area (Å²) in [7, 11) is 1.60. The van der Waals surface area contributed by atoms with Crippen LogP contribution in [0.3, 0.4) is 0 Å². The van der Waals surface area contributed by atoms with Crippen LogP contribution in [0.2, 0.25) is 0 Å². The Morgan fingerprint density at radius 1 is 1.05 bits per heavy atom. The highest BCUT2D eigenvalue weighted by molar-refractivity contribution is 5.71. The minimum Gasteiger partial charge on any atom is -0.482 e. The van der Waals surface area contributed by atoms with Crippen molar-refractivity contribution in [1.82, 2.24) is 9.97 Å². The third-order valence-corrected chi connectivity index (χ3v) is 5.55. The van der Waals surface area contributed by atoms with Gasteiger partial charge in [0.2, 0.25) is 0 Å². The first kappa shape index (κ1) is 27.9. The number of methoxy groups -OCH3 is 1. The number of carbonyl (C=O) groups excluding carboxylic acids is 1. The lowest BCUT2D eigenvalue weighted by Gasteiger charge is -2.24. The minimum atomic E-state index is -4.40. The van der Waals surface area contributed by atoms with Crippen molar-refractivity contribution in [3.8, 4) is 17.0 Å². The lowest BCUT2D eigenvalue weighted by Crippen LogP contribution is -2.28. The van der Waals surface area contributed by atoms with Crippen LogP contribution >= 0.6 is 0 Å². The number of esters is 1. The summed E-state index contributed by atoms with van der Waals surface area (Å²) >= 11 is 0. The molecule has 0 radical (unpaired) electrons. The smallest absolute Gasteiger partial charge is 0.416 e. The highest BCUT2D eigenvalue weighted by Crippen LogP contribution is 2.31. The zero-order chi connectivity index (χ0) is 26.8. The first-order valence-corrected chi connectivity index (χ1v) is 11.9. The third-order valence-electron chi connectivity index (χ3n) is 5.55. The Morgan fingerprint density at radius 2 is 1.81 bits per heavy atom. The van der Waals surface area contributed by atoms with E-state index in [1.165, 1.54) is 18.3 Å². The second-order valence-corrected chi connectivity index (χ2v) is 8.14. The quantitative estimate of drug-likeness (QED) is 0.301. The summed E-state index contributed by atoms with van der Waals surface area (Å²) in [5.41, 5.74) is 2.20. The maximum absolute atomic E-state index is 12.9. The van der Waals surface area contributed by atoms with Crippen molar-refractivity contribution in [3.63, 3.8) is 0 Å². The van der Waals surface area contributed by atoms with Crippen molar-refractivity contribution in [2.24, 2.45) is 0 Å². The first-order valence-electron chi connectivity index (χ1n) is 11.9. The van der Waals surface area contributed by atoms with Gasteiger partial charge in [0.25, 0.3) is 0 Å². The molecule has 0 bridgehead atoms. The maximum atomic E-state index is 12.9. The Bertz CT molecular complexity index is 1170. The van der Waals surface area contributed by atoms with Crippen molar-refractivity contribution in [1.29, 1.82) is 0 Å². The molecule has 0 aliphatic rings. The molecule has 0 spiro atoms. The lowest BCUT2D eigenvalue weighted by atomic mass is 10.1. The first-order chi connectivity index (χ1) is 17.7. The molecule has 7 nitrogen and oxygen atoms in total. The van der Waals surface area contributed by atoms with Crippen LogP contribution in [0.4, 0.5) is 19.0 Å². The molecule has 3 rings (SSSR count). The molecule has 0 amide bonds. The molecule has 0 unspecified atom stereocenters. The number of hydrogen-bond donors (Lipinski definition) is 0. The van der Waals surface area contributed by atoms with Gasteiger partial charge in [0.1, 0.15) is 11.6 Å². The van der Waals surface area contributed by atoms with Gasteiger partial charge < -0.3 is 19.1 Å². The van der Waals surface area contributed by atoms with E-state index in [-0.39, 0.29) is 6.61 Å². The number of nitrogens with zero attached hydrogens (tertiary/aromatic N) is 3. The van der Waals surface area contributed by atoms with E-state index in [4.69, 9.17) is 14.2 Å². The van der Waals surface area contributed by atoms with Crippen molar-refractivity contribution < 1.29 is 32.2 Å². The minimum absolute atomic E-state index is 0.160. The van der Waals surface area contributed by atoms with Gasteiger partial charge in [0.15, 0.2) is 6.61 Å². The molecule has 0 atom stereocenters. The van der Waals surface area contributed by atoms with Crippen LogP contribution in [0, 0.1) is 0 Å². The van der Waals surface area contributed by atoms with Crippen LogP contribution in [0.1, 0.15) is 30.5 Å². The van der Waals surface area contributed by atoms with Crippen molar-refractivity contribution in [3.05, 3.63) is 71.5 Å². The number of carbonyl (C=O) groups is 1. The van der Waals surface area contributed by atoms with Gasteiger partial charge in [-0.1, -0.05) is 31.2 Å². The van der Waals surface area contributed by atoms with Crippen LogP contribution in [0.25, 0.3) is 11.3 Å². The number of halogens is 3. The normalized spacial score (nSPS) is 11.3. The van der Waals surface area contributed by atoms with Gasteiger partial charge in [-0.15, -0.1) is 0 Å². The molecular formula is C27H30F3N3O4. The number of rotatable bonds is 12. The molecule has 0 saturated carbocycles. The Kier molecular flexibility index (Phi) is 9.85. The zero-order valence-electron chi connectivity index (χ0n) is 21.0. The van der Waals surface area contributed by atoms with E-state index in [0.717, 1.165) is 23.3 Å². The van der Waals surface area contributed by atoms with Gasteiger partial charge >= 0.3 is 12.1 Å². The van der Waals surface area contributed by atoms with Crippen LogP contribution in [-0.2, 0) is 33.4 Å². The molecule has 1 aromatic heterocycles. The Morgan fingerprint density at radius 3 is 2.46 bits per heavy atom. The summed E-state index contributed by atoms with van der Waals surface area (Å²) in [5.74, 6) is 0.757. The molecule has 3 aromatic rings. The summed E-state index contributed by atoms with van der Waals surface area (Å²) < 4.78 is 54.6. The molecule has 0 N–H and O–H groups in total. The van der Waals surface area contributed by atoms with Crippen molar-refractivity contribution in [2.45, 2.75) is 33.0 Å².